The van der Waals surface area contributed by atoms with E-state index in [-0.39, 0.29) is 12.0 Å². The zero-order chi connectivity index (χ0) is 19.3. The Hall–Kier alpha value is -2.51. The zero-order valence-corrected chi connectivity index (χ0v) is 16.2. The van der Waals surface area contributed by atoms with Crippen LogP contribution in [0.15, 0.2) is 30.5 Å². The molecule has 2 fully saturated rings. The summed E-state index contributed by atoms with van der Waals surface area (Å²) in [5, 5.41) is 2.99. The van der Waals surface area contributed by atoms with E-state index in [9.17, 15) is 4.79 Å². The summed E-state index contributed by atoms with van der Waals surface area (Å²) in [4.78, 5) is 24.2. The summed E-state index contributed by atoms with van der Waals surface area (Å²) in [6.45, 7) is 5.99. The van der Waals surface area contributed by atoms with E-state index >= 15 is 0 Å². The molecule has 7 nitrogen and oxygen atoms in total. The molecule has 7 heteroatoms. The zero-order valence-electron chi connectivity index (χ0n) is 16.2. The third-order valence-electron chi connectivity index (χ3n) is 5.15. The fraction of sp³-hybridized carbons (Fsp3) is 0.476. The van der Waals surface area contributed by atoms with Crippen LogP contribution in [0, 0.1) is 6.92 Å². The maximum atomic E-state index is 12.9. The van der Waals surface area contributed by atoms with Crippen LogP contribution in [0.3, 0.4) is 0 Å². The predicted octanol–water partition coefficient (Wildman–Crippen LogP) is 2.20. The summed E-state index contributed by atoms with van der Waals surface area (Å²) in [6, 6.07) is 8.08. The highest BCUT2D eigenvalue weighted by Gasteiger charge is 2.23. The molecular weight excluding hydrogens is 356 g/mol. The van der Waals surface area contributed by atoms with Crippen molar-refractivity contribution < 1.29 is 14.3 Å². The van der Waals surface area contributed by atoms with Gasteiger partial charge in [-0.1, -0.05) is 29.8 Å². The molecule has 0 radical (unpaired) electrons. The maximum Gasteiger partial charge on any atom is 0.256 e. The minimum Gasteiger partial charge on any atom is -0.378 e. The Bertz CT molecular complexity index is 813. The first kappa shape index (κ1) is 18.8. The van der Waals surface area contributed by atoms with Gasteiger partial charge in [-0.05, 0) is 19.8 Å². The van der Waals surface area contributed by atoms with Crippen LogP contribution in [0.25, 0.3) is 11.4 Å². The normalized spacial score (nSPS) is 19.6. The third kappa shape index (κ3) is 4.31. The number of hydrogen-bond acceptors (Lipinski definition) is 6. The number of carbonyl (C=O) groups is 1. The number of rotatable bonds is 5. The van der Waals surface area contributed by atoms with Gasteiger partial charge in [0.1, 0.15) is 11.4 Å². The molecule has 2 aliphatic heterocycles. The van der Waals surface area contributed by atoms with Crippen LogP contribution in [-0.2, 0) is 9.47 Å². The molecule has 0 aliphatic carbocycles. The van der Waals surface area contributed by atoms with E-state index in [2.05, 4.69) is 15.2 Å². The van der Waals surface area contributed by atoms with Gasteiger partial charge in [-0.3, -0.25) is 4.79 Å². The van der Waals surface area contributed by atoms with Crippen molar-refractivity contribution in [3.05, 3.63) is 41.6 Å². The van der Waals surface area contributed by atoms with Crippen LogP contribution < -0.4 is 10.2 Å². The fourth-order valence-electron chi connectivity index (χ4n) is 3.50. The number of aryl methyl sites for hydroxylation is 1. The highest BCUT2D eigenvalue weighted by atomic mass is 16.5. The van der Waals surface area contributed by atoms with Crippen LogP contribution in [0.4, 0.5) is 5.82 Å². The van der Waals surface area contributed by atoms with Gasteiger partial charge in [-0.15, -0.1) is 0 Å². The van der Waals surface area contributed by atoms with E-state index < -0.39 is 0 Å². The van der Waals surface area contributed by atoms with Crippen molar-refractivity contribution in [1.29, 1.82) is 0 Å². The van der Waals surface area contributed by atoms with E-state index in [4.69, 9.17) is 14.5 Å². The van der Waals surface area contributed by atoms with E-state index in [0.717, 1.165) is 25.0 Å². The number of morpholine rings is 1. The lowest BCUT2D eigenvalue weighted by molar-refractivity contribution is 0.0856. The highest BCUT2D eigenvalue weighted by Crippen LogP contribution is 2.24. The van der Waals surface area contributed by atoms with Crippen LogP contribution in [0.5, 0.6) is 0 Å². The largest absolute Gasteiger partial charge is 0.378 e. The Kier molecular flexibility index (Phi) is 5.83. The second-order valence-electron chi connectivity index (χ2n) is 7.24. The highest BCUT2D eigenvalue weighted by molar-refractivity contribution is 5.99. The minimum atomic E-state index is -0.160. The number of amides is 1. The molecule has 3 heterocycles. The Balaban J connectivity index is 1.60. The Morgan fingerprint density at radius 1 is 1.21 bits per heavy atom. The van der Waals surface area contributed by atoms with Gasteiger partial charge in [0.25, 0.3) is 5.91 Å². The van der Waals surface area contributed by atoms with Gasteiger partial charge >= 0.3 is 0 Å². The molecule has 4 rings (SSSR count). The SMILES string of the molecule is Cc1ccc(-c2ncc(C(=O)NCC3CCCO3)c(N3CCOCC3)n2)cc1. The number of benzene rings is 1. The lowest BCUT2D eigenvalue weighted by atomic mass is 10.1. The first-order valence-electron chi connectivity index (χ1n) is 9.87. The molecule has 0 saturated carbocycles. The molecule has 28 heavy (non-hydrogen) atoms. The van der Waals surface area contributed by atoms with E-state index in [1.807, 2.05) is 31.2 Å². The quantitative estimate of drug-likeness (QED) is 0.854. The van der Waals surface area contributed by atoms with Gasteiger partial charge in [-0.2, -0.15) is 0 Å². The maximum absolute atomic E-state index is 12.9. The summed E-state index contributed by atoms with van der Waals surface area (Å²) in [7, 11) is 0. The van der Waals surface area contributed by atoms with E-state index in [1.165, 1.54) is 5.56 Å². The standard InChI is InChI=1S/C21H26N4O3/c1-15-4-6-16(7-5-15)19-22-14-18(20(24-19)25-8-11-27-12-9-25)21(26)23-13-17-3-2-10-28-17/h4-7,14,17H,2-3,8-13H2,1H3,(H,23,26). The summed E-state index contributed by atoms with van der Waals surface area (Å²) < 4.78 is 11.1. The minimum absolute atomic E-state index is 0.100. The number of nitrogens with one attached hydrogen (secondary N) is 1. The Morgan fingerprint density at radius 3 is 2.71 bits per heavy atom. The number of anilines is 1. The number of hydrogen-bond donors (Lipinski definition) is 1. The summed E-state index contributed by atoms with van der Waals surface area (Å²) in [5.41, 5.74) is 2.62. The van der Waals surface area contributed by atoms with Gasteiger partial charge in [0, 0.05) is 38.0 Å². The second kappa shape index (κ2) is 8.67. The van der Waals surface area contributed by atoms with Crippen LogP contribution in [0.2, 0.25) is 0 Å². The van der Waals surface area contributed by atoms with Crippen molar-refractivity contribution in [1.82, 2.24) is 15.3 Å². The first-order valence-corrected chi connectivity index (χ1v) is 9.87. The molecule has 1 amide bonds. The van der Waals surface area contributed by atoms with Gasteiger partial charge in [0.2, 0.25) is 0 Å². The molecular formula is C21H26N4O3. The molecule has 1 aromatic heterocycles. The van der Waals surface area contributed by atoms with Crippen LogP contribution in [-0.4, -0.2) is 61.4 Å². The molecule has 1 N–H and O–H groups in total. The van der Waals surface area contributed by atoms with Gasteiger partial charge < -0.3 is 19.7 Å². The monoisotopic (exact) mass is 382 g/mol. The molecule has 1 atom stereocenters. The lowest BCUT2D eigenvalue weighted by Gasteiger charge is -2.29. The number of carbonyl (C=O) groups excluding carboxylic acids is 1. The van der Waals surface area contributed by atoms with Gasteiger partial charge in [-0.25, -0.2) is 9.97 Å². The van der Waals surface area contributed by atoms with Crippen LogP contribution >= 0.6 is 0 Å². The van der Waals surface area contributed by atoms with Crippen molar-refractivity contribution in [2.45, 2.75) is 25.9 Å². The van der Waals surface area contributed by atoms with Crippen molar-refractivity contribution in [2.75, 3.05) is 44.4 Å². The molecule has 0 spiro atoms. The summed E-state index contributed by atoms with van der Waals surface area (Å²) in [6.07, 6.45) is 3.77. The van der Waals surface area contributed by atoms with Crippen LogP contribution in [0.1, 0.15) is 28.8 Å². The van der Waals surface area contributed by atoms with Gasteiger partial charge in [0.15, 0.2) is 5.82 Å². The molecule has 1 aromatic carbocycles. The van der Waals surface area contributed by atoms with Crippen molar-refractivity contribution in [3.8, 4) is 11.4 Å². The van der Waals surface area contributed by atoms with E-state index in [0.29, 0.717) is 50.1 Å². The average molecular weight is 382 g/mol. The van der Waals surface area contributed by atoms with Crippen molar-refractivity contribution in [3.63, 3.8) is 0 Å². The van der Waals surface area contributed by atoms with Gasteiger partial charge in [0.05, 0.1) is 19.3 Å². The van der Waals surface area contributed by atoms with Crippen molar-refractivity contribution >= 4 is 11.7 Å². The predicted molar refractivity (Wildman–Crippen MR) is 107 cm³/mol. The first-order chi connectivity index (χ1) is 13.7. The lowest BCUT2D eigenvalue weighted by Crippen LogP contribution is -2.39. The van der Waals surface area contributed by atoms with E-state index in [1.54, 1.807) is 6.20 Å². The fourth-order valence-corrected chi connectivity index (χ4v) is 3.50. The third-order valence-corrected chi connectivity index (χ3v) is 5.15. The summed E-state index contributed by atoms with van der Waals surface area (Å²) in [5.74, 6) is 1.13. The topological polar surface area (TPSA) is 76.6 Å². The summed E-state index contributed by atoms with van der Waals surface area (Å²) >= 11 is 0. The molecule has 2 aromatic rings. The molecule has 2 saturated heterocycles. The number of nitrogens with zero attached hydrogens (tertiary/aromatic N) is 3. The molecule has 0 bridgehead atoms. The molecule has 148 valence electrons. The molecule has 1 unspecified atom stereocenters. The second-order valence-corrected chi connectivity index (χ2v) is 7.24. The average Bonchev–Trinajstić information content (AvgIpc) is 3.26. The molecule has 2 aliphatic rings. The smallest absolute Gasteiger partial charge is 0.256 e. The van der Waals surface area contributed by atoms with Crippen molar-refractivity contribution in [2.24, 2.45) is 0 Å². The Morgan fingerprint density at radius 2 is 2.00 bits per heavy atom. The number of ether oxygens (including phenoxy) is 2. The number of aromatic nitrogens is 2. The Labute approximate surface area is 165 Å².